The van der Waals surface area contributed by atoms with Gasteiger partial charge >= 0.3 is 0 Å². The van der Waals surface area contributed by atoms with E-state index in [0.717, 1.165) is 37.0 Å². The Hall–Kier alpha value is -2.64. The van der Waals surface area contributed by atoms with Crippen LogP contribution in [0.5, 0.6) is 0 Å². The molecule has 0 unspecified atom stereocenters. The molecule has 2 amide bonds. The smallest absolute Gasteiger partial charge is 0.278 e. The van der Waals surface area contributed by atoms with E-state index in [1.165, 1.54) is 10.9 Å². The molecule has 3 rings (SSSR count). The quantitative estimate of drug-likeness (QED) is 0.862. The average molecular weight is 345 g/mol. The topological polar surface area (TPSA) is 102 Å². The Labute approximate surface area is 145 Å². The molecule has 2 aromatic heterocycles. The number of hydrogen-bond donors (Lipinski definition) is 2. The Morgan fingerprint density at radius 3 is 2.96 bits per heavy atom. The lowest BCUT2D eigenvalue weighted by Gasteiger charge is -2.16. The van der Waals surface area contributed by atoms with Crippen molar-refractivity contribution in [2.75, 3.05) is 11.9 Å². The van der Waals surface area contributed by atoms with Gasteiger partial charge in [0.15, 0.2) is 5.69 Å². The fourth-order valence-electron chi connectivity index (χ4n) is 3.06. The predicted molar refractivity (Wildman–Crippen MR) is 91.5 cm³/mol. The van der Waals surface area contributed by atoms with E-state index >= 15 is 0 Å². The molecule has 134 valence electrons. The zero-order valence-electron chi connectivity index (χ0n) is 14.8. The molecule has 1 aliphatic carbocycles. The minimum absolute atomic E-state index is 0.270. The molecule has 0 saturated carbocycles. The van der Waals surface area contributed by atoms with Crippen LogP contribution in [-0.2, 0) is 19.9 Å². The molecule has 0 saturated heterocycles. The normalized spacial score (nSPS) is 16.4. The maximum Gasteiger partial charge on any atom is 0.278 e. The Morgan fingerprint density at radius 2 is 2.20 bits per heavy atom. The van der Waals surface area contributed by atoms with Crippen LogP contribution in [0.4, 0.5) is 5.69 Å². The van der Waals surface area contributed by atoms with Crippen LogP contribution < -0.4 is 10.6 Å². The third kappa shape index (κ3) is 3.42. The maximum absolute atomic E-state index is 12.6. The lowest BCUT2D eigenvalue weighted by atomic mass is 9.88. The number of amides is 2. The SMILES string of the molecule is CCCNC(=O)c1c(NC(=O)c2noc3c2C[C@H](C)CC3)cnn1C. The van der Waals surface area contributed by atoms with E-state index in [4.69, 9.17) is 4.52 Å². The first kappa shape index (κ1) is 17.2. The number of hydrogen-bond acceptors (Lipinski definition) is 5. The summed E-state index contributed by atoms with van der Waals surface area (Å²) < 4.78 is 6.76. The number of aromatic nitrogens is 3. The summed E-state index contributed by atoms with van der Waals surface area (Å²) >= 11 is 0. The molecule has 8 heteroatoms. The van der Waals surface area contributed by atoms with Gasteiger partial charge in [0.25, 0.3) is 11.8 Å². The molecule has 0 bridgehead atoms. The fraction of sp³-hybridized carbons (Fsp3) is 0.529. The highest BCUT2D eigenvalue weighted by molar-refractivity contribution is 6.08. The van der Waals surface area contributed by atoms with Gasteiger partial charge in [-0.3, -0.25) is 14.3 Å². The molecule has 8 nitrogen and oxygen atoms in total. The van der Waals surface area contributed by atoms with Crippen LogP contribution in [0.3, 0.4) is 0 Å². The standard InChI is InChI=1S/C17H23N5O3/c1-4-7-18-17(24)15-12(9-19-22(15)3)20-16(23)14-11-8-10(2)5-6-13(11)25-21-14/h9-10H,4-8H2,1-3H3,(H,18,24)(H,20,23)/t10-/m1/s1. The van der Waals surface area contributed by atoms with E-state index in [0.29, 0.717) is 29.5 Å². The van der Waals surface area contributed by atoms with Gasteiger partial charge in [-0.15, -0.1) is 0 Å². The van der Waals surface area contributed by atoms with Crippen LogP contribution in [0.2, 0.25) is 0 Å². The molecule has 0 fully saturated rings. The molecule has 0 radical (unpaired) electrons. The summed E-state index contributed by atoms with van der Waals surface area (Å²) in [6, 6.07) is 0. The molecule has 2 aromatic rings. The summed E-state index contributed by atoms with van der Waals surface area (Å²) in [6.45, 7) is 4.68. The predicted octanol–water partition coefficient (Wildman–Crippen LogP) is 1.93. The number of fused-ring (bicyclic) bond motifs is 1. The van der Waals surface area contributed by atoms with Crippen molar-refractivity contribution in [3.63, 3.8) is 0 Å². The van der Waals surface area contributed by atoms with Crippen molar-refractivity contribution in [3.8, 4) is 0 Å². The van der Waals surface area contributed by atoms with Crippen molar-refractivity contribution in [1.29, 1.82) is 0 Å². The Bertz CT molecular complexity index is 792. The van der Waals surface area contributed by atoms with Crippen molar-refractivity contribution in [2.45, 2.75) is 39.5 Å². The first-order valence-corrected chi connectivity index (χ1v) is 8.60. The molecule has 1 atom stereocenters. The van der Waals surface area contributed by atoms with Crippen molar-refractivity contribution < 1.29 is 14.1 Å². The Balaban J connectivity index is 1.81. The van der Waals surface area contributed by atoms with Crippen LogP contribution in [0.1, 0.15) is 59.0 Å². The van der Waals surface area contributed by atoms with Crippen LogP contribution in [-0.4, -0.2) is 33.3 Å². The summed E-state index contributed by atoms with van der Waals surface area (Å²) in [6.07, 6.45) is 4.91. The van der Waals surface area contributed by atoms with E-state index in [-0.39, 0.29) is 11.8 Å². The van der Waals surface area contributed by atoms with Crippen LogP contribution in [0.15, 0.2) is 10.7 Å². The molecule has 0 spiro atoms. The average Bonchev–Trinajstić information content (AvgIpc) is 3.16. The van der Waals surface area contributed by atoms with E-state index < -0.39 is 0 Å². The van der Waals surface area contributed by atoms with E-state index in [1.54, 1.807) is 7.05 Å². The number of anilines is 1. The molecular weight excluding hydrogens is 322 g/mol. The van der Waals surface area contributed by atoms with Crippen LogP contribution >= 0.6 is 0 Å². The molecule has 1 aliphatic rings. The first-order chi connectivity index (χ1) is 12.0. The number of nitrogens with zero attached hydrogens (tertiary/aromatic N) is 3. The summed E-state index contributed by atoms with van der Waals surface area (Å²) in [4.78, 5) is 24.9. The van der Waals surface area contributed by atoms with Crippen LogP contribution in [0, 0.1) is 5.92 Å². The number of carbonyl (C=O) groups is 2. The zero-order chi connectivity index (χ0) is 18.0. The minimum Gasteiger partial charge on any atom is -0.360 e. The zero-order valence-corrected chi connectivity index (χ0v) is 14.8. The van der Waals surface area contributed by atoms with Gasteiger partial charge in [0.1, 0.15) is 11.5 Å². The summed E-state index contributed by atoms with van der Waals surface area (Å²) in [5, 5.41) is 13.6. The second kappa shape index (κ2) is 7.08. The highest BCUT2D eigenvalue weighted by atomic mass is 16.5. The highest BCUT2D eigenvalue weighted by Gasteiger charge is 2.28. The van der Waals surface area contributed by atoms with Crippen LogP contribution in [0.25, 0.3) is 0 Å². The van der Waals surface area contributed by atoms with Crippen molar-refractivity contribution in [2.24, 2.45) is 13.0 Å². The third-order valence-electron chi connectivity index (χ3n) is 4.44. The lowest BCUT2D eigenvalue weighted by Crippen LogP contribution is -2.28. The highest BCUT2D eigenvalue weighted by Crippen LogP contribution is 2.28. The van der Waals surface area contributed by atoms with E-state index in [2.05, 4.69) is 27.8 Å². The second-order valence-electron chi connectivity index (χ2n) is 6.52. The first-order valence-electron chi connectivity index (χ1n) is 8.60. The van der Waals surface area contributed by atoms with Crippen molar-refractivity contribution in [1.82, 2.24) is 20.3 Å². The summed E-state index contributed by atoms with van der Waals surface area (Å²) in [5.41, 5.74) is 1.84. The molecule has 0 aromatic carbocycles. The summed E-state index contributed by atoms with van der Waals surface area (Å²) in [7, 11) is 1.66. The molecule has 2 heterocycles. The van der Waals surface area contributed by atoms with Gasteiger partial charge in [0.05, 0.1) is 11.9 Å². The number of carbonyl (C=O) groups excluding carboxylic acids is 2. The van der Waals surface area contributed by atoms with Gasteiger partial charge in [-0.05, 0) is 25.2 Å². The fourth-order valence-corrected chi connectivity index (χ4v) is 3.06. The van der Waals surface area contributed by atoms with Gasteiger partial charge < -0.3 is 15.2 Å². The van der Waals surface area contributed by atoms with Gasteiger partial charge in [-0.25, -0.2) is 0 Å². The van der Waals surface area contributed by atoms with Crippen molar-refractivity contribution >= 4 is 17.5 Å². The van der Waals surface area contributed by atoms with Crippen molar-refractivity contribution in [3.05, 3.63) is 28.9 Å². The molecular formula is C17H23N5O3. The van der Waals surface area contributed by atoms with Gasteiger partial charge in [-0.2, -0.15) is 5.10 Å². The van der Waals surface area contributed by atoms with E-state index in [9.17, 15) is 9.59 Å². The van der Waals surface area contributed by atoms with E-state index in [1.807, 2.05) is 6.92 Å². The minimum atomic E-state index is -0.378. The number of nitrogens with one attached hydrogen (secondary N) is 2. The lowest BCUT2D eigenvalue weighted by molar-refractivity contribution is 0.0945. The molecule has 25 heavy (non-hydrogen) atoms. The molecule has 0 aliphatic heterocycles. The van der Waals surface area contributed by atoms with Gasteiger partial charge in [0.2, 0.25) is 0 Å². The third-order valence-corrected chi connectivity index (χ3v) is 4.44. The Kier molecular flexibility index (Phi) is 4.87. The molecule has 2 N–H and O–H groups in total. The Morgan fingerprint density at radius 1 is 1.40 bits per heavy atom. The summed E-state index contributed by atoms with van der Waals surface area (Å²) in [5.74, 6) is 0.632. The maximum atomic E-state index is 12.6. The van der Waals surface area contributed by atoms with Gasteiger partial charge in [-0.1, -0.05) is 19.0 Å². The number of aryl methyl sites for hydroxylation is 2. The monoisotopic (exact) mass is 345 g/mol. The van der Waals surface area contributed by atoms with Gasteiger partial charge in [0, 0.05) is 25.6 Å². The second-order valence-corrected chi connectivity index (χ2v) is 6.52. The largest absolute Gasteiger partial charge is 0.360 e. The number of rotatable bonds is 5.